The molecule has 86 valence electrons. The van der Waals surface area contributed by atoms with E-state index in [0.717, 1.165) is 18.1 Å². The van der Waals surface area contributed by atoms with Gasteiger partial charge in [-0.1, -0.05) is 6.42 Å². The lowest BCUT2D eigenvalue weighted by Gasteiger charge is -2.21. The summed E-state index contributed by atoms with van der Waals surface area (Å²) in [5.74, 6) is 0.790. The van der Waals surface area contributed by atoms with Crippen molar-refractivity contribution in [3.8, 4) is 0 Å². The van der Waals surface area contributed by atoms with E-state index in [2.05, 4.69) is 42.4 Å². The Bertz CT molecular complexity index is 204. The molecule has 0 amide bonds. The molecule has 1 N–H and O–H groups in total. The molecule has 0 aromatic carbocycles. The highest BCUT2D eigenvalue weighted by Crippen LogP contribution is 2.73. The third kappa shape index (κ3) is 4.65. The number of carboxylic acids is 1. The maximum atomic E-state index is 10.3. The third-order valence-electron chi connectivity index (χ3n) is 2.33. The van der Waals surface area contributed by atoms with Crippen LogP contribution in [0.1, 0.15) is 32.1 Å². The molecule has 0 aliphatic carbocycles. The average molecular weight is 462 g/mol. The average Bonchev–Trinajstić information content (AvgIpc) is 2.43. The predicted octanol–water partition coefficient (Wildman–Crippen LogP) is 4.02. The molecule has 1 fully saturated rings. The number of unbranched alkanes of at least 4 members (excludes halogenated alkanes) is 1. The molecule has 14 heavy (non-hydrogen) atoms. The van der Waals surface area contributed by atoms with Gasteiger partial charge in [-0.2, -0.15) is 14.2 Å². The molecular formula is C8H16I2O2S2. The van der Waals surface area contributed by atoms with Crippen LogP contribution < -0.4 is 0 Å². The number of thiol groups is 2. The molecule has 0 spiro atoms. The molecule has 1 saturated heterocycles. The van der Waals surface area contributed by atoms with Gasteiger partial charge in [0.15, 0.2) is 0 Å². The van der Waals surface area contributed by atoms with E-state index >= 15 is 0 Å². The van der Waals surface area contributed by atoms with Crippen LogP contribution in [0.2, 0.25) is 0 Å². The van der Waals surface area contributed by atoms with E-state index in [0.29, 0.717) is 13.5 Å². The van der Waals surface area contributed by atoms with Gasteiger partial charge >= 0.3 is 5.97 Å². The van der Waals surface area contributed by atoms with Gasteiger partial charge in [-0.3, -0.25) is 4.79 Å². The largest absolute Gasteiger partial charge is 0.481 e. The lowest BCUT2D eigenvalue weighted by Crippen LogP contribution is -2.00. The van der Waals surface area contributed by atoms with E-state index in [1.165, 1.54) is 18.6 Å². The van der Waals surface area contributed by atoms with Crippen LogP contribution in [-0.2, 0) is 4.79 Å². The molecule has 0 bridgehead atoms. The van der Waals surface area contributed by atoms with Gasteiger partial charge in [0.2, 0.25) is 0 Å². The summed E-state index contributed by atoms with van der Waals surface area (Å²) in [7, 11) is 0.559. The molecule has 1 heterocycles. The number of hydrogen-bond acceptors (Lipinski definition) is 1. The highest BCUT2D eigenvalue weighted by molar-refractivity contribution is 14.2. The first-order chi connectivity index (χ1) is 6.61. The number of rotatable bonds is 5. The highest BCUT2D eigenvalue weighted by atomic mass is 127. The van der Waals surface area contributed by atoms with Gasteiger partial charge in [-0.05, 0) is 67.4 Å². The number of halogens is 2. The van der Waals surface area contributed by atoms with Gasteiger partial charge in [-0.25, -0.2) is 0 Å². The zero-order chi connectivity index (χ0) is 10.6. The summed E-state index contributed by atoms with van der Waals surface area (Å²) in [6.07, 6.45) is 4.99. The zero-order valence-corrected chi connectivity index (χ0v) is 13.9. The third-order valence-corrected chi connectivity index (χ3v) is 27.4. The van der Waals surface area contributed by atoms with Crippen LogP contribution in [0.3, 0.4) is 0 Å². The van der Waals surface area contributed by atoms with Gasteiger partial charge in [0, 0.05) is 11.7 Å². The fraction of sp³-hybridized carbons (Fsp3) is 0.875. The monoisotopic (exact) mass is 462 g/mol. The molecule has 1 aliphatic heterocycles. The maximum Gasteiger partial charge on any atom is 0.303 e. The van der Waals surface area contributed by atoms with Crippen LogP contribution in [-0.4, -0.2) is 22.1 Å². The Balaban J connectivity index is 2.10. The van der Waals surface area contributed by atoms with Crippen LogP contribution in [0.25, 0.3) is 0 Å². The second-order valence-electron chi connectivity index (χ2n) is 3.43. The Morgan fingerprint density at radius 1 is 1.43 bits per heavy atom. The minimum atomic E-state index is -0.649. The summed E-state index contributed by atoms with van der Waals surface area (Å²) < 4.78 is 0. The van der Waals surface area contributed by atoms with Crippen molar-refractivity contribution in [1.29, 1.82) is 0 Å². The topological polar surface area (TPSA) is 37.3 Å². The normalized spacial score (nSPS) is 37.1. The fourth-order valence-corrected chi connectivity index (χ4v) is 13.8. The van der Waals surface area contributed by atoms with Crippen molar-refractivity contribution in [3.63, 3.8) is 0 Å². The second kappa shape index (κ2) is 7.05. The van der Waals surface area contributed by atoms with Crippen molar-refractivity contribution in [3.05, 3.63) is 0 Å². The van der Waals surface area contributed by atoms with E-state index in [-0.39, 0.29) is 7.10 Å². The maximum absolute atomic E-state index is 10.3. The minimum Gasteiger partial charge on any atom is -0.481 e. The number of aliphatic carboxylic acids is 1. The first-order valence-electron chi connectivity index (χ1n) is 4.71. The van der Waals surface area contributed by atoms with Crippen molar-refractivity contribution in [2.24, 2.45) is 0 Å². The summed E-state index contributed by atoms with van der Waals surface area (Å²) >= 11 is 5.29. The molecule has 3 atom stereocenters. The molecule has 2 nitrogen and oxygen atoms in total. The second-order valence-corrected chi connectivity index (χ2v) is 19.8. The zero-order valence-electron chi connectivity index (χ0n) is 7.83. The molecule has 3 unspecified atom stereocenters. The van der Waals surface area contributed by atoms with E-state index in [4.69, 9.17) is 5.11 Å². The fourth-order valence-electron chi connectivity index (χ4n) is 1.54. The summed E-state index contributed by atoms with van der Waals surface area (Å²) in [4.78, 5) is 10.3. The quantitative estimate of drug-likeness (QED) is 0.250. The lowest BCUT2D eigenvalue weighted by molar-refractivity contribution is -0.137. The molecule has 6 heteroatoms. The summed E-state index contributed by atoms with van der Waals surface area (Å²) in [5, 5.41) is 9.44. The van der Waals surface area contributed by atoms with Crippen LogP contribution in [0, 0.1) is 0 Å². The van der Waals surface area contributed by atoms with Crippen LogP contribution in [0.15, 0.2) is 0 Å². The smallest absolute Gasteiger partial charge is 0.303 e. The van der Waals surface area contributed by atoms with Crippen molar-refractivity contribution in [1.82, 2.24) is 0 Å². The highest BCUT2D eigenvalue weighted by Gasteiger charge is 2.26. The lowest BCUT2D eigenvalue weighted by atomic mass is 10.1. The van der Waals surface area contributed by atoms with Crippen molar-refractivity contribution < 1.29 is 9.90 Å². The van der Waals surface area contributed by atoms with E-state index < -0.39 is 5.97 Å². The number of hydrogen-bond donors (Lipinski definition) is 3. The first kappa shape index (κ1) is 13.7. The minimum absolute atomic E-state index is 0.252. The van der Waals surface area contributed by atoms with Crippen molar-refractivity contribution >= 4 is 62.6 Å². The van der Waals surface area contributed by atoms with Gasteiger partial charge < -0.3 is 5.11 Å². The Morgan fingerprint density at radius 2 is 2.14 bits per heavy atom. The summed E-state index contributed by atoms with van der Waals surface area (Å²) in [6.45, 7) is 0. The summed E-state index contributed by atoms with van der Waals surface area (Å²) in [6, 6.07) is 0. The molecule has 1 aliphatic rings. The Hall–Kier alpha value is 1.63. The molecule has 0 aromatic heterocycles. The molecule has 0 saturated carbocycles. The Kier molecular flexibility index (Phi) is 6.90. The molecule has 1 rings (SSSR count). The van der Waals surface area contributed by atoms with Gasteiger partial charge in [0.1, 0.15) is 0 Å². The van der Waals surface area contributed by atoms with Crippen molar-refractivity contribution in [2.45, 2.75) is 37.4 Å². The van der Waals surface area contributed by atoms with Crippen LogP contribution in [0.4, 0.5) is 0 Å². The molecule has 0 aromatic rings. The number of carbonyl (C=O) groups is 1. The Labute approximate surface area is 114 Å². The van der Waals surface area contributed by atoms with Gasteiger partial charge in [0.25, 0.3) is 0 Å². The standard InChI is InChI=1S/C8H16I2O2S2/c9-13-6-5-7(14(13)10)3-1-2-4-8(11)12/h7,13-14H,1-6H2,(H,11,12). The van der Waals surface area contributed by atoms with Gasteiger partial charge in [0.05, 0.1) is 0 Å². The Morgan fingerprint density at radius 3 is 2.64 bits per heavy atom. The van der Waals surface area contributed by atoms with E-state index in [9.17, 15) is 4.79 Å². The summed E-state index contributed by atoms with van der Waals surface area (Å²) in [5.41, 5.74) is 0. The molecular weight excluding hydrogens is 446 g/mol. The van der Waals surface area contributed by atoms with Crippen molar-refractivity contribution in [2.75, 3.05) is 5.75 Å². The van der Waals surface area contributed by atoms with Crippen LogP contribution >= 0.6 is 56.6 Å². The van der Waals surface area contributed by atoms with E-state index in [1.54, 1.807) is 0 Å². The first-order valence-corrected chi connectivity index (χ1v) is 13.9. The SMILES string of the molecule is O=C(O)CCCCC1CC[SH](I)[SH]1I. The molecule has 0 radical (unpaired) electrons. The van der Waals surface area contributed by atoms with Gasteiger partial charge in [-0.15, -0.1) is 0 Å². The predicted molar refractivity (Wildman–Crippen MR) is 85.4 cm³/mol. The number of carboxylic acid groups (broad SMARTS) is 1. The van der Waals surface area contributed by atoms with Crippen LogP contribution in [0.5, 0.6) is 0 Å². The van der Waals surface area contributed by atoms with E-state index in [1.807, 2.05) is 0 Å².